The highest BCUT2D eigenvalue weighted by Crippen LogP contribution is 2.35. The quantitative estimate of drug-likeness (QED) is 0.245. The number of nitrogens with one attached hydrogen (secondary N) is 1. The Bertz CT molecular complexity index is 1180. The molecule has 0 atom stereocenters. The summed E-state index contributed by atoms with van der Waals surface area (Å²) in [6, 6.07) is 27.4. The summed E-state index contributed by atoms with van der Waals surface area (Å²) in [4.78, 5) is 0. The first-order chi connectivity index (χ1) is 15.1. The molecule has 4 aromatic carbocycles. The average molecular weight is 523 g/mol. The number of rotatable bonds is 8. The van der Waals surface area contributed by atoms with E-state index in [4.69, 9.17) is 9.47 Å². The summed E-state index contributed by atoms with van der Waals surface area (Å²) in [5.41, 5.74) is 4.68. The van der Waals surface area contributed by atoms with Crippen LogP contribution in [0.15, 0.2) is 78.9 Å². The minimum absolute atomic E-state index is 0.498. The molecule has 0 aromatic heterocycles. The number of halogens is 1. The fourth-order valence-electron chi connectivity index (χ4n) is 3.65. The lowest BCUT2D eigenvalue weighted by Crippen LogP contribution is -2.05. The Kier molecular flexibility index (Phi) is 6.97. The standard InChI is InChI=1S/C27H26INO2/c1-3-30-26-16-20(17-29-23-12-6-8-19(2)14-23)15-25(28)27(26)31-18-22-11-7-10-21-9-4-5-13-24(21)22/h4-16,29H,3,17-18H2,1-2H3. The molecule has 0 aliphatic rings. The number of fused-ring (bicyclic) bond motifs is 1. The van der Waals surface area contributed by atoms with E-state index >= 15 is 0 Å². The number of anilines is 1. The molecule has 0 aliphatic heterocycles. The predicted octanol–water partition coefficient (Wildman–Crippen LogP) is 7.34. The van der Waals surface area contributed by atoms with E-state index in [2.05, 4.69) is 114 Å². The molecule has 4 heteroatoms. The van der Waals surface area contributed by atoms with Crippen LogP contribution in [-0.2, 0) is 13.2 Å². The second kappa shape index (κ2) is 10.1. The Hall–Kier alpha value is -2.73. The van der Waals surface area contributed by atoms with Gasteiger partial charge in [0.2, 0.25) is 0 Å². The Morgan fingerprint density at radius 3 is 2.52 bits per heavy atom. The largest absolute Gasteiger partial charge is 0.490 e. The molecule has 1 N–H and O–H groups in total. The van der Waals surface area contributed by atoms with E-state index in [1.807, 2.05) is 6.92 Å². The SMILES string of the molecule is CCOc1cc(CNc2cccc(C)c2)cc(I)c1OCc1cccc2ccccc12. The molecule has 0 unspecified atom stereocenters. The Morgan fingerprint density at radius 2 is 1.68 bits per heavy atom. The third kappa shape index (κ3) is 5.31. The lowest BCUT2D eigenvalue weighted by atomic mass is 10.1. The highest BCUT2D eigenvalue weighted by atomic mass is 127. The van der Waals surface area contributed by atoms with Crippen LogP contribution in [0.1, 0.15) is 23.6 Å². The summed E-state index contributed by atoms with van der Waals surface area (Å²) in [7, 11) is 0. The van der Waals surface area contributed by atoms with Crippen LogP contribution >= 0.6 is 22.6 Å². The molecule has 0 heterocycles. The van der Waals surface area contributed by atoms with Gasteiger partial charge in [-0.3, -0.25) is 0 Å². The third-order valence-electron chi connectivity index (χ3n) is 5.14. The van der Waals surface area contributed by atoms with E-state index in [1.54, 1.807) is 0 Å². The molecular formula is C27H26INO2. The van der Waals surface area contributed by atoms with Crippen molar-refractivity contribution in [3.05, 3.63) is 99.1 Å². The summed E-state index contributed by atoms with van der Waals surface area (Å²) in [6.45, 7) is 5.92. The highest BCUT2D eigenvalue weighted by molar-refractivity contribution is 14.1. The monoisotopic (exact) mass is 523 g/mol. The van der Waals surface area contributed by atoms with Gasteiger partial charge in [-0.1, -0.05) is 54.6 Å². The summed E-state index contributed by atoms with van der Waals surface area (Å²) >= 11 is 2.34. The normalized spacial score (nSPS) is 10.8. The van der Waals surface area contributed by atoms with Gasteiger partial charge < -0.3 is 14.8 Å². The first kappa shape index (κ1) is 21.5. The van der Waals surface area contributed by atoms with Crippen LogP contribution in [0.3, 0.4) is 0 Å². The summed E-state index contributed by atoms with van der Waals surface area (Å²) in [6.07, 6.45) is 0. The van der Waals surface area contributed by atoms with Crippen molar-refractivity contribution in [3.8, 4) is 11.5 Å². The number of hydrogen-bond donors (Lipinski definition) is 1. The second-order valence-corrected chi connectivity index (χ2v) is 8.65. The molecule has 0 amide bonds. The van der Waals surface area contributed by atoms with Crippen molar-refractivity contribution in [3.63, 3.8) is 0 Å². The summed E-state index contributed by atoms with van der Waals surface area (Å²) < 4.78 is 13.3. The number of hydrogen-bond acceptors (Lipinski definition) is 3. The van der Waals surface area contributed by atoms with Gasteiger partial charge in [-0.05, 0) is 88.2 Å². The van der Waals surface area contributed by atoms with Gasteiger partial charge in [0.15, 0.2) is 11.5 Å². The van der Waals surface area contributed by atoms with Crippen molar-refractivity contribution < 1.29 is 9.47 Å². The van der Waals surface area contributed by atoms with Gasteiger partial charge in [-0.25, -0.2) is 0 Å². The van der Waals surface area contributed by atoms with Crippen molar-refractivity contribution in [1.82, 2.24) is 0 Å². The molecule has 0 bridgehead atoms. The molecule has 31 heavy (non-hydrogen) atoms. The fraction of sp³-hybridized carbons (Fsp3) is 0.185. The van der Waals surface area contributed by atoms with E-state index in [1.165, 1.54) is 21.9 Å². The molecule has 0 aliphatic carbocycles. The highest BCUT2D eigenvalue weighted by Gasteiger charge is 2.13. The van der Waals surface area contributed by atoms with Gasteiger partial charge in [0.1, 0.15) is 6.61 Å². The van der Waals surface area contributed by atoms with E-state index in [-0.39, 0.29) is 0 Å². The lowest BCUT2D eigenvalue weighted by Gasteiger charge is -2.17. The fourth-order valence-corrected chi connectivity index (χ4v) is 4.48. The van der Waals surface area contributed by atoms with Gasteiger partial charge in [0.05, 0.1) is 10.2 Å². The van der Waals surface area contributed by atoms with E-state index < -0.39 is 0 Å². The number of aryl methyl sites for hydroxylation is 1. The molecule has 0 fully saturated rings. The van der Waals surface area contributed by atoms with Crippen molar-refractivity contribution >= 4 is 39.1 Å². The molecule has 0 saturated carbocycles. The minimum Gasteiger partial charge on any atom is -0.490 e. The van der Waals surface area contributed by atoms with Gasteiger partial charge in [-0.15, -0.1) is 0 Å². The summed E-state index contributed by atoms with van der Waals surface area (Å²) in [5, 5.41) is 5.94. The van der Waals surface area contributed by atoms with Crippen molar-refractivity contribution in [2.75, 3.05) is 11.9 Å². The van der Waals surface area contributed by atoms with Crippen LogP contribution in [0.5, 0.6) is 11.5 Å². The minimum atomic E-state index is 0.498. The van der Waals surface area contributed by atoms with E-state index in [0.717, 1.165) is 32.9 Å². The van der Waals surface area contributed by atoms with Gasteiger partial charge in [0.25, 0.3) is 0 Å². The van der Waals surface area contributed by atoms with Gasteiger partial charge in [-0.2, -0.15) is 0 Å². The first-order valence-electron chi connectivity index (χ1n) is 10.5. The van der Waals surface area contributed by atoms with Crippen molar-refractivity contribution in [2.24, 2.45) is 0 Å². The van der Waals surface area contributed by atoms with Crippen LogP contribution in [-0.4, -0.2) is 6.61 Å². The molecular weight excluding hydrogens is 497 g/mol. The van der Waals surface area contributed by atoms with Crippen LogP contribution in [0.4, 0.5) is 5.69 Å². The maximum atomic E-state index is 6.30. The zero-order chi connectivity index (χ0) is 21.6. The third-order valence-corrected chi connectivity index (χ3v) is 5.94. The number of ether oxygens (including phenoxy) is 2. The average Bonchev–Trinajstić information content (AvgIpc) is 2.77. The molecule has 0 saturated heterocycles. The molecule has 4 rings (SSSR count). The maximum Gasteiger partial charge on any atom is 0.174 e. The van der Waals surface area contributed by atoms with Crippen LogP contribution < -0.4 is 14.8 Å². The predicted molar refractivity (Wildman–Crippen MR) is 137 cm³/mol. The van der Waals surface area contributed by atoms with Gasteiger partial charge >= 0.3 is 0 Å². The van der Waals surface area contributed by atoms with E-state index in [9.17, 15) is 0 Å². The molecule has 158 valence electrons. The summed E-state index contributed by atoms with van der Waals surface area (Å²) in [5.74, 6) is 1.59. The Morgan fingerprint density at radius 1 is 0.871 bits per heavy atom. The lowest BCUT2D eigenvalue weighted by molar-refractivity contribution is 0.268. The van der Waals surface area contributed by atoms with Gasteiger partial charge in [0, 0.05) is 12.2 Å². The first-order valence-corrected chi connectivity index (χ1v) is 11.6. The number of benzene rings is 4. The Labute approximate surface area is 197 Å². The zero-order valence-corrected chi connectivity index (χ0v) is 20.0. The van der Waals surface area contributed by atoms with Crippen LogP contribution in [0, 0.1) is 10.5 Å². The smallest absolute Gasteiger partial charge is 0.174 e. The molecule has 3 nitrogen and oxygen atoms in total. The van der Waals surface area contributed by atoms with E-state index in [0.29, 0.717) is 13.2 Å². The molecule has 4 aromatic rings. The molecule has 0 radical (unpaired) electrons. The van der Waals surface area contributed by atoms with Crippen LogP contribution in [0.2, 0.25) is 0 Å². The maximum absolute atomic E-state index is 6.30. The topological polar surface area (TPSA) is 30.5 Å². The molecule has 0 spiro atoms. The van der Waals surface area contributed by atoms with Crippen molar-refractivity contribution in [1.29, 1.82) is 0 Å². The Balaban J connectivity index is 1.54. The second-order valence-electron chi connectivity index (χ2n) is 7.49. The van der Waals surface area contributed by atoms with Crippen LogP contribution in [0.25, 0.3) is 10.8 Å². The zero-order valence-electron chi connectivity index (χ0n) is 17.8. The van der Waals surface area contributed by atoms with Crippen molar-refractivity contribution in [2.45, 2.75) is 27.0 Å².